The van der Waals surface area contributed by atoms with E-state index in [-0.39, 0.29) is 17.2 Å². The molecule has 4 aromatic carbocycles. The number of rotatable bonds is 8. The molecule has 7 nitrogen and oxygen atoms in total. The van der Waals surface area contributed by atoms with Crippen molar-refractivity contribution in [3.63, 3.8) is 0 Å². The molecule has 0 aliphatic rings. The Morgan fingerprint density at radius 1 is 0.921 bits per heavy atom. The average Bonchev–Trinajstić information content (AvgIpc) is 2.96. The van der Waals surface area contributed by atoms with E-state index in [0.29, 0.717) is 39.8 Å². The summed E-state index contributed by atoms with van der Waals surface area (Å²) in [5.74, 6) is 1.07. The van der Waals surface area contributed by atoms with Crippen LogP contribution in [-0.2, 0) is 4.79 Å². The molecule has 0 fully saturated rings. The molecule has 0 radical (unpaired) electrons. The molecular formula is C30H27N3O4S. The molecule has 1 amide bonds. The number of fused-ring (bicyclic) bond motifs is 2. The molecule has 38 heavy (non-hydrogen) atoms. The number of thioether (sulfide) groups is 1. The molecule has 5 rings (SSSR count). The first kappa shape index (κ1) is 25.4. The summed E-state index contributed by atoms with van der Waals surface area (Å²) in [5, 5.41) is 2.94. The SMILES string of the molecule is CCN(C(=O)CSc1nc2ccccc2c(=O)n1-c1cc(OC)ccc1OC)c1cccc2ccccc12. The molecule has 0 bridgehead atoms. The van der Waals surface area contributed by atoms with Gasteiger partial charge in [-0.25, -0.2) is 4.98 Å². The van der Waals surface area contributed by atoms with Crippen LogP contribution in [0.15, 0.2) is 94.9 Å². The van der Waals surface area contributed by atoms with E-state index in [2.05, 4.69) is 0 Å². The van der Waals surface area contributed by atoms with Gasteiger partial charge < -0.3 is 14.4 Å². The number of benzene rings is 4. The maximum atomic E-state index is 13.7. The minimum atomic E-state index is -0.251. The molecule has 0 aliphatic heterocycles. The van der Waals surface area contributed by atoms with Crippen LogP contribution in [0.25, 0.3) is 27.4 Å². The summed E-state index contributed by atoms with van der Waals surface area (Å²) in [6.45, 7) is 2.46. The highest BCUT2D eigenvalue weighted by Crippen LogP contribution is 2.32. The van der Waals surface area contributed by atoms with Crippen molar-refractivity contribution in [1.29, 1.82) is 0 Å². The maximum absolute atomic E-state index is 13.7. The maximum Gasteiger partial charge on any atom is 0.266 e. The number of anilines is 1. The number of hydrogen-bond donors (Lipinski definition) is 0. The molecule has 0 spiro atoms. The van der Waals surface area contributed by atoms with Gasteiger partial charge >= 0.3 is 0 Å². The Hall–Kier alpha value is -4.30. The van der Waals surface area contributed by atoms with Crippen molar-refractivity contribution in [3.8, 4) is 17.2 Å². The van der Waals surface area contributed by atoms with Gasteiger partial charge in [0.25, 0.3) is 5.56 Å². The van der Waals surface area contributed by atoms with Crippen molar-refractivity contribution in [2.45, 2.75) is 12.1 Å². The van der Waals surface area contributed by atoms with Crippen LogP contribution in [0, 0.1) is 0 Å². The number of para-hydroxylation sites is 1. The largest absolute Gasteiger partial charge is 0.497 e. The highest BCUT2D eigenvalue weighted by Gasteiger charge is 2.21. The summed E-state index contributed by atoms with van der Waals surface area (Å²) in [7, 11) is 3.11. The molecule has 0 atom stereocenters. The van der Waals surface area contributed by atoms with Crippen LogP contribution >= 0.6 is 11.8 Å². The van der Waals surface area contributed by atoms with Crippen LogP contribution in [0.5, 0.6) is 11.5 Å². The molecule has 0 aliphatic carbocycles. The number of ether oxygens (including phenoxy) is 2. The summed E-state index contributed by atoms with van der Waals surface area (Å²) in [6.07, 6.45) is 0. The van der Waals surface area contributed by atoms with Gasteiger partial charge in [-0.05, 0) is 42.6 Å². The molecule has 1 heterocycles. The van der Waals surface area contributed by atoms with E-state index in [4.69, 9.17) is 14.5 Å². The number of carbonyl (C=O) groups excluding carboxylic acids is 1. The Bertz CT molecular complexity index is 1690. The fourth-order valence-corrected chi connectivity index (χ4v) is 5.40. The van der Waals surface area contributed by atoms with E-state index in [1.807, 2.05) is 55.5 Å². The monoisotopic (exact) mass is 525 g/mol. The van der Waals surface area contributed by atoms with Gasteiger partial charge in [0.2, 0.25) is 5.91 Å². The van der Waals surface area contributed by atoms with Crippen LogP contribution in [0.3, 0.4) is 0 Å². The first-order valence-corrected chi connectivity index (χ1v) is 13.2. The summed E-state index contributed by atoms with van der Waals surface area (Å²) >= 11 is 1.22. The fourth-order valence-electron chi connectivity index (χ4n) is 4.52. The highest BCUT2D eigenvalue weighted by atomic mass is 32.2. The summed E-state index contributed by atoms with van der Waals surface area (Å²) < 4.78 is 12.5. The number of hydrogen-bond acceptors (Lipinski definition) is 6. The first-order chi connectivity index (χ1) is 18.5. The summed E-state index contributed by atoms with van der Waals surface area (Å²) in [4.78, 5) is 33.8. The second-order valence-corrected chi connectivity index (χ2v) is 9.46. The van der Waals surface area contributed by atoms with Crippen molar-refractivity contribution in [2.24, 2.45) is 0 Å². The first-order valence-electron chi connectivity index (χ1n) is 12.2. The van der Waals surface area contributed by atoms with Gasteiger partial charge in [-0.1, -0.05) is 60.3 Å². The minimum absolute atomic E-state index is 0.0829. The van der Waals surface area contributed by atoms with Crippen LogP contribution in [0.4, 0.5) is 5.69 Å². The lowest BCUT2D eigenvalue weighted by molar-refractivity contribution is -0.116. The standard InChI is InChI=1S/C30H27N3O4S/c1-4-32(25-15-9-11-20-10-5-6-12-22(20)25)28(34)19-38-30-31-24-14-8-7-13-23(24)29(35)33(30)26-18-21(36-2)16-17-27(26)37-3/h5-18H,4,19H2,1-3H3. The molecule has 0 saturated carbocycles. The Kier molecular flexibility index (Phi) is 7.33. The molecule has 192 valence electrons. The van der Waals surface area contributed by atoms with Gasteiger partial charge in [0.15, 0.2) is 5.16 Å². The number of methoxy groups -OCH3 is 2. The Labute approximate surface area is 224 Å². The number of aromatic nitrogens is 2. The van der Waals surface area contributed by atoms with Gasteiger partial charge in [-0.3, -0.25) is 14.2 Å². The highest BCUT2D eigenvalue weighted by molar-refractivity contribution is 7.99. The molecule has 0 N–H and O–H groups in total. The van der Waals surface area contributed by atoms with E-state index in [9.17, 15) is 9.59 Å². The van der Waals surface area contributed by atoms with Gasteiger partial charge in [0.1, 0.15) is 11.5 Å². The van der Waals surface area contributed by atoms with Crippen molar-refractivity contribution < 1.29 is 14.3 Å². The van der Waals surface area contributed by atoms with Crippen molar-refractivity contribution in [3.05, 3.63) is 95.3 Å². The topological polar surface area (TPSA) is 73.7 Å². The fraction of sp³-hybridized carbons (Fsp3) is 0.167. The van der Waals surface area contributed by atoms with Crippen LogP contribution in [-0.4, -0.2) is 42.0 Å². The third-order valence-corrected chi connectivity index (χ3v) is 7.29. The van der Waals surface area contributed by atoms with E-state index < -0.39 is 0 Å². The normalized spacial score (nSPS) is 11.0. The number of amides is 1. The second-order valence-electron chi connectivity index (χ2n) is 8.51. The molecule has 0 saturated heterocycles. The molecule has 5 aromatic rings. The summed E-state index contributed by atoms with van der Waals surface area (Å²) in [5.41, 5.74) is 1.66. The third-order valence-electron chi connectivity index (χ3n) is 6.37. The lowest BCUT2D eigenvalue weighted by Gasteiger charge is -2.23. The molecule has 1 aromatic heterocycles. The zero-order valence-electron chi connectivity index (χ0n) is 21.4. The molecule has 0 unspecified atom stereocenters. The van der Waals surface area contributed by atoms with Crippen molar-refractivity contribution in [2.75, 3.05) is 31.4 Å². The minimum Gasteiger partial charge on any atom is -0.497 e. The lowest BCUT2D eigenvalue weighted by atomic mass is 10.1. The summed E-state index contributed by atoms with van der Waals surface area (Å²) in [6, 6.07) is 26.4. The Morgan fingerprint density at radius 2 is 1.66 bits per heavy atom. The van der Waals surface area contributed by atoms with E-state index in [1.165, 1.54) is 16.3 Å². The van der Waals surface area contributed by atoms with Crippen LogP contribution in [0.2, 0.25) is 0 Å². The predicted octanol–water partition coefficient (Wildman–Crippen LogP) is 5.70. The predicted molar refractivity (Wildman–Crippen MR) is 153 cm³/mol. The van der Waals surface area contributed by atoms with Gasteiger partial charge in [-0.15, -0.1) is 0 Å². The van der Waals surface area contributed by atoms with E-state index in [0.717, 1.165) is 16.5 Å². The third kappa shape index (κ3) is 4.70. The lowest BCUT2D eigenvalue weighted by Crippen LogP contribution is -2.32. The van der Waals surface area contributed by atoms with Gasteiger partial charge in [0.05, 0.1) is 42.3 Å². The number of carbonyl (C=O) groups is 1. The average molecular weight is 526 g/mol. The van der Waals surface area contributed by atoms with Crippen molar-refractivity contribution >= 4 is 45.0 Å². The molecular weight excluding hydrogens is 498 g/mol. The Balaban J connectivity index is 1.56. The van der Waals surface area contributed by atoms with Crippen LogP contribution in [0.1, 0.15) is 6.92 Å². The zero-order chi connectivity index (χ0) is 26.6. The van der Waals surface area contributed by atoms with E-state index in [1.54, 1.807) is 55.5 Å². The van der Waals surface area contributed by atoms with Gasteiger partial charge in [-0.2, -0.15) is 0 Å². The quantitative estimate of drug-likeness (QED) is 0.191. The van der Waals surface area contributed by atoms with Gasteiger partial charge in [0, 0.05) is 18.0 Å². The second kappa shape index (κ2) is 11.0. The van der Waals surface area contributed by atoms with Crippen LogP contribution < -0.4 is 19.9 Å². The van der Waals surface area contributed by atoms with Crippen molar-refractivity contribution in [1.82, 2.24) is 9.55 Å². The van der Waals surface area contributed by atoms with E-state index >= 15 is 0 Å². The smallest absolute Gasteiger partial charge is 0.266 e. The zero-order valence-corrected chi connectivity index (χ0v) is 22.2. The molecule has 8 heteroatoms. The Morgan fingerprint density at radius 3 is 2.42 bits per heavy atom. The number of nitrogens with zero attached hydrogens (tertiary/aromatic N) is 3.